The SMILES string of the molecule is CCOc1ccccc1C1C(C(=O)Nc2cccnc2)=C(C)Nc2nc(-c3cccc([N+](=O)[O-])c3)nn21. The third kappa shape index (κ3) is 4.61. The van der Waals surface area contributed by atoms with Crippen molar-refractivity contribution >= 4 is 23.2 Å². The van der Waals surface area contributed by atoms with Crippen LogP contribution in [0.15, 0.2) is 84.3 Å². The lowest BCUT2D eigenvalue weighted by atomic mass is 9.94. The Labute approximate surface area is 212 Å². The quantitative estimate of drug-likeness (QED) is 0.280. The number of fused-ring (bicyclic) bond motifs is 1. The Balaban J connectivity index is 1.64. The second-order valence-corrected chi connectivity index (χ2v) is 8.24. The van der Waals surface area contributed by atoms with Gasteiger partial charge in [-0.25, -0.2) is 4.68 Å². The smallest absolute Gasteiger partial charge is 0.270 e. The molecule has 5 rings (SSSR count). The van der Waals surface area contributed by atoms with Crippen LogP contribution in [0.3, 0.4) is 0 Å². The number of anilines is 2. The van der Waals surface area contributed by atoms with Crippen molar-refractivity contribution in [2.75, 3.05) is 17.2 Å². The molecule has 11 nitrogen and oxygen atoms in total. The normalized spacial score (nSPS) is 14.5. The number of pyridine rings is 1. The number of carbonyl (C=O) groups excluding carboxylic acids is 1. The molecule has 0 saturated carbocycles. The highest BCUT2D eigenvalue weighted by molar-refractivity contribution is 6.06. The summed E-state index contributed by atoms with van der Waals surface area (Å²) in [5.41, 5.74) is 2.68. The number of hydrogen-bond donors (Lipinski definition) is 2. The second-order valence-electron chi connectivity index (χ2n) is 8.24. The number of hydrogen-bond acceptors (Lipinski definition) is 8. The van der Waals surface area contributed by atoms with Crippen molar-refractivity contribution in [3.8, 4) is 17.1 Å². The predicted molar refractivity (Wildman–Crippen MR) is 137 cm³/mol. The highest BCUT2D eigenvalue weighted by Gasteiger charge is 2.36. The molecule has 186 valence electrons. The van der Waals surface area contributed by atoms with E-state index in [2.05, 4.69) is 20.6 Å². The summed E-state index contributed by atoms with van der Waals surface area (Å²) in [5, 5.41) is 22.1. The molecule has 3 heterocycles. The summed E-state index contributed by atoms with van der Waals surface area (Å²) in [6.07, 6.45) is 3.19. The number of carbonyl (C=O) groups is 1. The molecule has 1 atom stereocenters. The van der Waals surface area contributed by atoms with Crippen LogP contribution in [0.5, 0.6) is 5.75 Å². The number of nitro groups is 1. The Kier molecular flexibility index (Phi) is 6.33. The maximum absolute atomic E-state index is 13.6. The number of rotatable bonds is 7. The van der Waals surface area contributed by atoms with Crippen LogP contribution in [-0.2, 0) is 4.79 Å². The first-order valence-corrected chi connectivity index (χ1v) is 11.6. The van der Waals surface area contributed by atoms with E-state index in [0.717, 1.165) is 5.56 Å². The van der Waals surface area contributed by atoms with Crippen molar-refractivity contribution in [2.45, 2.75) is 19.9 Å². The minimum atomic E-state index is -0.685. The van der Waals surface area contributed by atoms with Gasteiger partial charge in [-0.15, -0.1) is 5.10 Å². The average Bonchev–Trinajstić information content (AvgIpc) is 3.33. The van der Waals surface area contributed by atoms with Gasteiger partial charge in [0.05, 0.1) is 29.0 Å². The van der Waals surface area contributed by atoms with E-state index < -0.39 is 11.0 Å². The molecule has 2 aromatic carbocycles. The van der Waals surface area contributed by atoms with Gasteiger partial charge in [-0.2, -0.15) is 4.98 Å². The number of non-ortho nitro benzene ring substituents is 1. The molecule has 1 aliphatic rings. The van der Waals surface area contributed by atoms with E-state index in [9.17, 15) is 14.9 Å². The van der Waals surface area contributed by atoms with E-state index in [4.69, 9.17) is 9.84 Å². The van der Waals surface area contributed by atoms with Gasteiger partial charge in [-0.1, -0.05) is 30.3 Å². The lowest BCUT2D eigenvalue weighted by Gasteiger charge is -2.29. The van der Waals surface area contributed by atoms with Gasteiger partial charge in [-0.05, 0) is 32.0 Å². The molecule has 0 saturated heterocycles. The first kappa shape index (κ1) is 23.7. The number of nitrogens with zero attached hydrogens (tertiary/aromatic N) is 5. The van der Waals surface area contributed by atoms with Gasteiger partial charge in [-0.3, -0.25) is 19.9 Å². The van der Waals surface area contributed by atoms with E-state index in [-0.39, 0.29) is 17.4 Å². The molecule has 1 unspecified atom stereocenters. The number of para-hydroxylation sites is 1. The number of allylic oxidation sites excluding steroid dienone is 1. The van der Waals surface area contributed by atoms with Gasteiger partial charge >= 0.3 is 0 Å². The van der Waals surface area contributed by atoms with Gasteiger partial charge in [0.2, 0.25) is 5.95 Å². The van der Waals surface area contributed by atoms with Gasteiger partial charge in [0.15, 0.2) is 5.82 Å². The van der Waals surface area contributed by atoms with Gasteiger partial charge in [0, 0.05) is 35.2 Å². The summed E-state index contributed by atoms with van der Waals surface area (Å²) in [7, 11) is 0. The predicted octanol–water partition coefficient (Wildman–Crippen LogP) is 4.57. The van der Waals surface area contributed by atoms with Crippen LogP contribution in [0, 0.1) is 10.1 Å². The van der Waals surface area contributed by atoms with Gasteiger partial charge in [0.1, 0.15) is 11.8 Å². The molecule has 0 aliphatic carbocycles. The van der Waals surface area contributed by atoms with Crippen LogP contribution >= 0.6 is 0 Å². The monoisotopic (exact) mass is 497 g/mol. The summed E-state index contributed by atoms with van der Waals surface area (Å²) >= 11 is 0. The molecule has 2 N–H and O–H groups in total. The minimum absolute atomic E-state index is 0.0673. The first-order chi connectivity index (χ1) is 18.0. The van der Waals surface area contributed by atoms with Crippen molar-refractivity contribution in [1.29, 1.82) is 0 Å². The molecule has 2 aromatic heterocycles. The third-order valence-electron chi connectivity index (χ3n) is 5.85. The number of benzene rings is 2. The molecule has 1 amide bonds. The van der Waals surface area contributed by atoms with Crippen molar-refractivity contribution in [3.05, 3.63) is 100 Å². The lowest BCUT2D eigenvalue weighted by molar-refractivity contribution is -0.384. The number of nitrogens with one attached hydrogen (secondary N) is 2. The number of ether oxygens (including phenoxy) is 1. The topological polar surface area (TPSA) is 137 Å². The molecule has 11 heteroatoms. The van der Waals surface area contributed by atoms with E-state index in [0.29, 0.717) is 40.8 Å². The minimum Gasteiger partial charge on any atom is -0.494 e. The Bertz CT molecular complexity index is 1510. The molecule has 0 fully saturated rings. The zero-order chi connectivity index (χ0) is 25.9. The molecule has 0 spiro atoms. The zero-order valence-electron chi connectivity index (χ0n) is 20.1. The number of nitro benzene ring substituents is 1. The van der Waals surface area contributed by atoms with Crippen molar-refractivity contribution in [2.24, 2.45) is 0 Å². The lowest BCUT2D eigenvalue weighted by Crippen LogP contribution is -2.31. The van der Waals surface area contributed by atoms with Crippen LogP contribution in [-0.4, -0.2) is 37.2 Å². The van der Waals surface area contributed by atoms with Crippen molar-refractivity contribution < 1.29 is 14.5 Å². The zero-order valence-corrected chi connectivity index (χ0v) is 20.1. The van der Waals surface area contributed by atoms with Crippen LogP contribution in [0.25, 0.3) is 11.4 Å². The standard InChI is InChI=1S/C26H23N7O4/c1-3-37-21-12-5-4-11-20(21)23-22(25(34)29-18-9-7-13-27-15-18)16(2)28-26-30-24(31-32(23)26)17-8-6-10-19(14-17)33(35)36/h4-15,23H,3H2,1-2H3,(H,29,34)(H,28,30,31). The first-order valence-electron chi connectivity index (χ1n) is 11.6. The van der Waals surface area contributed by atoms with Crippen LogP contribution in [0.1, 0.15) is 25.5 Å². The molecule has 4 aromatic rings. The Hall–Kier alpha value is -5.06. The fourth-order valence-electron chi connectivity index (χ4n) is 4.24. The molecular weight excluding hydrogens is 474 g/mol. The highest BCUT2D eigenvalue weighted by atomic mass is 16.6. The van der Waals surface area contributed by atoms with Crippen LogP contribution < -0.4 is 15.4 Å². The summed E-state index contributed by atoms with van der Waals surface area (Å²) in [6, 6.07) is 16.4. The maximum Gasteiger partial charge on any atom is 0.270 e. The molecule has 1 aliphatic heterocycles. The molecular formula is C26H23N7O4. The van der Waals surface area contributed by atoms with Gasteiger partial charge in [0.25, 0.3) is 11.6 Å². The molecule has 37 heavy (non-hydrogen) atoms. The molecule has 0 bridgehead atoms. The largest absolute Gasteiger partial charge is 0.494 e. The average molecular weight is 498 g/mol. The van der Waals surface area contributed by atoms with Crippen molar-refractivity contribution in [1.82, 2.24) is 19.7 Å². The maximum atomic E-state index is 13.6. The fourth-order valence-corrected chi connectivity index (χ4v) is 4.24. The van der Waals surface area contributed by atoms with E-state index in [1.54, 1.807) is 48.3 Å². The third-order valence-corrected chi connectivity index (χ3v) is 5.85. The summed E-state index contributed by atoms with van der Waals surface area (Å²) < 4.78 is 7.51. The summed E-state index contributed by atoms with van der Waals surface area (Å²) in [4.78, 5) is 33.1. The van der Waals surface area contributed by atoms with Crippen molar-refractivity contribution in [3.63, 3.8) is 0 Å². The van der Waals surface area contributed by atoms with E-state index in [1.165, 1.54) is 12.1 Å². The summed E-state index contributed by atoms with van der Waals surface area (Å²) in [6.45, 7) is 4.11. The Morgan fingerprint density at radius 2 is 2.03 bits per heavy atom. The van der Waals surface area contributed by atoms with Crippen LogP contribution in [0.2, 0.25) is 0 Å². The number of amides is 1. The van der Waals surface area contributed by atoms with E-state index >= 15 is 0 Å². The number of aromatic nitrogens is 4. The summed E-state index contributed by atoms with van der Waals surface area (Å²) in [5.74, 6) is 0.946. The Morgan fingerprint density at radius 3 is 2.78 bits per heavy atom. The Morgan fingerprint density at radius 1 is 1.19 bits per heavy atom. The molecule has 0 radical (unpaired) electrons. The van der Waals surface area contributed by atoms with E-state index in [1.807, 2.05) is 31.2 Å². The van der Waals surface area contributed by atoms with Crippen LogP contribution in [0.4, 0.5) is 17.3 Å². The fraction of sp³-hybridized carbons (Fsp3) is 0.154. The highest BCUT2D eigenvalue weighted by Crippen LogP contribution is 2.40. The van der Waals surface area contributed by atoms with Gasteiger partial charge < -0.3 is 15.4 Å². The second kappa shape index (κ2) is 9.90.